The van der Waals surface area contributed by atoms with Crippen LogP contribution < -0.4 is 0 Å². The van der Waals surface area contributed by atoms with Crippen LogP contribution in [0.4, 0.5) is 0 Å². The summed E-state index contributed by atoms with van der Waals surface area (Å²) in [4.78, 5) is 28.0. The number of cyclic esters (lactones) is 2. The first kappa shape index (κ1) is 23.0. The summed E-state index contributed by atoms with van der Waals surface area (Å²) in [5.74, 6) is -0.594. The molecule has 8 nitrogen and oxygen atoms in total. The number of aryl methyl sites for hydroxylation is 1. The molecular formula is C26H30N2O6. The predicted octanol–water partition coefficient (Wildman–Crippen LogP) is 2.03. The van der Waals surface area contributed by atoms with Crippen LogP contribution in [0.15, 0.2) is 24.3 Å². The summed E-state index contributed by atoms with van der Waals surface area (Å²) in [6.45, 7) is 8.58. The van der Waals surface area contributed by atoms with Crippen LogP contribution in [-0.4, -0.2) is 71.2 Å². The summed E-state index contributed by atoms with van der Waals surface area (Å²) >= 11 is 0. The maximum absolute atomic E-state index is 11.8. The Hall–Kier alpha value is -2.78. The number of piperazine rings is 1. The largest absolute Gasteiger partial charge is 0.457 e. The number of rotatable bonds is 6. The summed E-state index contributed by atoms with van der Waals surface area (Å²) in [5.41, 5.74) is 6.39. The Morgan fingerprint density at radius 3 is 2.09 bits per heavy atom. The third-order valence-corrected chi connectivity index (χ3v) is 7.32. The summed E-state index contributed by atoms with van der Waals surface area (Å²) < 4.78 is 10.2. The van der Waals surface area contributed by atoms with E-state index < -0.39 is 12.2 Å². The van der Waals surface area contributed by atoms with Gasteiger partial charge in [0.25, 0.3) is 0 Å². The zero-order valence-corrected chi connectivity index (χ0v) is 19.5. The van der Waals surface area contributed by atoms with Crippen molar-refractivity contribution < 1.29 is 29.3 Å². The molecule has 0 saturated carbocycles. The van der Waals surface area contributed by atoms with E-state index in [4.69, 9.17) is 9.47 Å². The first-order valence-electron chi connectivity index (χ1n) is 11.7. The Morgan fingerprint density at radius 2 is 1.41 bits per heavy atom. The summed E-state index contributed by atoms with van der Waals surface area (Å²) in [6.07, 6.45) is -1.28. The lowest BCUT2D eigenvalue weighted by molar-refractivity contribution is 0.0478. The SMILES string of the molecule is Cc1cc2c(cc1C(O)CN1CCN(C[C@H](O)c3ccc4c(c3C)COC4=O)CC1)COC2=O. The van der Waals surface area contributed by atoms with Crippen LogP contribution >= 0.6 is 0 Å². The van der Waals surface area contributed by atoms with Gasteiger partial charge in [0.1, 0.15) is 13.2 Å². The molecule has 1 fully saturated rings. The fraction of sp³-hybridized carbons (Fsp3) is 0.462. The smallest absolute Gasteiger partial charge is 0.338 e. The number of β-amino-alcohol motifs (C(OH)–C–C–N with tert-alkyl or cyclic N) is 2. The van der Waals surface area contributed by atoms with Crippen LogP contribution in [0.25, 0.3) is 0 Å². The zero-order valence-electron chi connectivity index (χ0n) is 19.5. The standard InChI is InChI=1S/C26H30N2O6/c1-15-9-21-17(13-33-26(21)32)10-20(15)24(30)12-28-7-5-27(6-8-28)11-23(29)18-3-4-19-22(16(18)2)14-34-25(19)31/h3-4,9-10,23-24,29-30H,5-8,11-14H2,1-2H3/t23-,24?/m0/s1. The van der Waals surface area contributed by atoms with Gasteiger partial charge in [-0.3, -0.25) is 9.80 Å². The highest BCUT2D eigenvalue weighted by molar-refractivity contribution is 5.94. The van der Waals surface area contributed by atoms with Crippen molar-refractivity contribution in [3.63, 3.8) is 0 Å². The van der Waals surface area contributed by atoms with Crippen LogP contribution in [0, 0.1) is 13.8 Å². The molecule has 2 atom stereocenters. The number of esters is 2. The van der Waals surface area contributed by atoms with Crippen molar-refractivity contribution in [2.75, 3.05) is 39.3 Å². The van der Waals surface area contributed by atoms with Crippen molar-refractivity contribution >= 4 is 11.9 Å². The quantitative estimate of drug-likeness (QED) is 0.624. The molecule has 0 aromatic heterocycles. The molecule has 1 saturated heterocycles. The summed E-state index contributed by atoms with van der Waals surface area (Å²) in [5, 5.41) is 21.8. The van der Waals surface area contributed by atoms with E-state index in [1.54, 1.807) is 6.07 Å². The number of carbonyl (C=O) groups is 2. The highest BCUT2D eigenvalue weighted by Crippen LogP contribution is 2.30. The fourth-order valence-electron chi connectivity index (χ4n) is 5.23. The van der Waals surface area contributed by atoms with Gasteiger partial charge >= 0.3 is 11.9 Å². The second-order valence-corrected chi connectivity index (χ2v) is 9.46. The zero-order chi connectivity index (χ0) is 24.0. The number of hydrogen-bond donors (Lipinski definition) is 2. The highest BCUT2D eigenvalue weighted by Gasteiger charge is 2.28. The van der Waals surface area contributed by atoms with Crippen LogP contribution in [0.5, 0.6) is 0 Å². The number of aliphatic hydroxyl groups is 2. The lowest BCUT2D eigenvalue weighted by Gasteiger charge is -2.36. The maximum Gasteiger partial charge on any atom is 0.338 e. The van der Waals surface area contributed by atoms with Gasteiger partial charge in [-0.1, -0.05) is 6.07 Å². The van der Waals surface area contributed by atoms with Gasteiger partial charge in [0.05, 0.1) is 23.3 Å². The highest BCUT2D eigenvalue weighted by atomic mass is 16.5. The third-order valence-electron chi connectivity index (χ3n) is 7.32. The molecule has 0 amide bonds. The number of aliphatic hydroxyl groups excluding tert-OH is 2. The van der Waals surface area contributed by atoms with Gasteiger partial charge in [0.2, 0.25) is 0 Å². The van der Waals surface area contributed by atoms with Gasteiger partial charge in [-0.25, -0.2) is 9.59 Å². The Morgan fingerprint density at radius 1 is 0.824 bits per heavy atom. The molecule has 34 heavy (non-hydrogen) atoms. The molecule has 3 aliphatic rings. The molecule has 2 N–H and O–H groups in total. The van der Waals surface area contributed by atoms with Crippen molar-refractivity contribution in [1.29, 1.82) is 0 Å². The molecule has 5 rings (SSSR count). The molecular weight excluding hydrogens is 436 g/mol. The van der Waals surface area contributed by atoms with Crippen molar-refractivity contribution in [3.8, 4) is 0 Å². The molecule has 0 spiro atoms. The molecule has 3 aliphatic heterocycles. The Labute approximate surface area is 198 Å². The van der Waals surface area contributed by atoms with Crippen molar-refractivity contribution in [3.05, 3.63) is 68.8 Å². The Balaban J connectivity index is 1.16. The van der Waals surface area contributed by atoms with E-state index in [2.05, 4.69) is 9.80 Å². The molecule has 0 bridgehead atoms. The lowest BCUT2D eigenvalue weighted by Crippen LogP contribution is -2.48. The average Bonchev–Trinajstić information content (AvgIpc) is 3.37. The molecule has 0 aliphatic carbocycles. The number of fused-ring (bicyclic) bond motifs is 2. The summed E-state index contributed by atoms with van der Waals surface area (Å²) in [6, 6.07) is 7.28. The predicted molar refractivity (Wildman–Crippen MR) is 123 cm³/mol. The fourth-order valence-corrected chi connectivity index (χ4v) is 5.23. The monoisotopic (exact) mass is 466 g/mol. The Kier molecular flexibility index (Phi) is 6.16. The van der Waals surface area contributed by atoms with Crippen molar-refractivity contribution in [2.45, 2.75) is 39.3 Å². The van der Waals surface area contributed by atoms with Gasteiger partial charge in [-0.15, -0.1) is 0 Å². The van der Waals surface area contributed by atoms with E-state index in [-0.39, 0.29) is 25.2 Å². The van der Waals surface area contributed by atoms with Gasteiger partial charge < -0.3 is 19.7 Å². The number of nitrogens with zero attached hydrogens (tertiary/aromatic N) is 2. The molecule has 0 radical (unpaired) electrons. The van der Waals surface area contributed by atoms with Gasteiger partial charge in [-0.2, -0.15) is 0 Å². The lowest BCUT2D eigenvalue weighted by atomic mass is 9.95. The molecule has 3 heterocycles. The molecule has 2 aromatic rings. The van der Waals surface area contributed by atoms with Crippen molar-refractivity contribution in [1.82, 2.24) is 9.80 Å². The van der Waals surface area contributed by atoms with Crippen LogP contribution in [-0.2, 0) is 22.7 Å². The van der Waals surface area contributed by atoms with Gasteiger partial charge in [0.15, 0.2) is 0 Å². The van der Waals surface area contributed by atoms with Crippen LogP contribution in [0.1, 0.15) is 66.3 Å². The third kappa shape index (κ3) is 4.22. The number of ether oxygens (including phenoxy) is 2. The van der Waals surface area contributed by atoms with E-state index in [9.17, 15) is 19.8 Å². The first-order valence-corrected chi connectivity index (χ1v) is 11.7. The summed E-state index contributed by atoms with van der Waals surface area (Å²) in [7, 11) is 0. The molecule has 180 valence electrons. The number of hydrogen-bond acceptors (Lipinski definition) is 8. The van der Waals surface area contributed by atoms with E-state index in [0.717, 1.165) is 59.6 Å². The maximum atomic E-state index is 11.8. The molecule has 2 aromatic carbocycles. The Bertz CT molecular complexity index is 1110. The van der Waals surface area contributed by atoms with Crippen LogP contribution in [0.3, 0.4) is 0 Å². The van der Waals surface area contributed by atoms with E-state index in [0.29, 0.717) is 24.2 Å². The van der Waals surface area contributed by atoms with E-state index in [1.165, 1.54) is 0 Å². The first-order chi connectivity index (χ1) is 16.3. The number of benzene rings is 2. The van der Waals surface area contributed by atoms with Gasteiger partial charge in [0, 0.05) is 50.4 Å². The van der Waals surface area contributed by atoms with Crippen molar-refractivity contribution in [2.24, 2.45) is 0 Å². The number of carbonyl (C=O) groups excluding carboxylic acids is 2. The second kappa shape index (κ2) is 9.11. The minimum Gasteiger partial charge on any atom is -0.457 e. The van der Waals surface area contributed by atoms with Gasteiger partial charge in [-0.05, 0) is 54.3 Å². The second-order valence-electron chi connectivity index (χ2n) is 9.46. The van der Waals surface area contributed by atoms with Crippen LogP contribution in [0.2, 0.25) is 0 Å². The molecule has 8 heteroatoms. The average molecular weight is 467 g/mol. The molecule has 1 unspecified atom stereocenters. The minimum atomic E-state index is -0.642. The normalized spacial score (nSPS) is 20.0. The topological polar surface area (TPSA) is 99.5 Å². The van der Waals surface area contributed by atoms with E-state index >= 15 is 0 Å². The minimum absolute atomic E-state index is 0.266. The van der Waals surface area contributed by atoms with E-state index in [1.807, 2.05) is 32.0 Å².